The Balaban J connectivity index is 1.90. The number of hydrogen-bond donors (Lipinski definition) is 3. The van der Waals surface area contributed by atoms with E-state index in [0.717, 1.165) is 0 Å². The Morgan fingerprint density at radius 3 is 2.65 bits per heavy atom. The maximum Gasteiger partial charge on any atom is 0.326 e. The van der Waals surface area contributed by atoms with E-state index in [2.05, 4.69) is 15.0 Å². The molecule has 8 nitrogen and oxygen atoms in total. The summed E-state index contributed by atoms with van der Waals surface area (Å²) in [6, 6.07) is 5.64. The van der Waals surface area contributed by atoms with Gasteiger partial charge in [0.15, 0.2) is 0 Å². The fourth-order valence-corrected chi connectivity index (χ4v) is 3.86. The Morgan fingerprint density at radius 1 is 1.31 bits per heavy atom. The number of aliphatic carboxylic acids is 1. The SMILES string of the molecule is CC[C@H](C)[C@H](NC(=O)CCCN=C1NS(=O)(=O)c2ccccc21)C(=O)O. The van der Waals surface area contributed by atoms with Crippen molar-refractivity contribution in [2.24, 2.45) is 10.9 Å². The summed E-state index contributed by atoms with van der Waals surface area (Å²) in [5.41, 5.74) is 0.514. The van der Waals surface area contributed by atoms with Gasteiger partial charge in [-0.15, -0.1) is 0 Å². The van der Waals surface area contributed by atoms with Gasteiger partial charge in [-0.05, 0) is 24.5 Å². The van der Waals surface area contributed by atoms with Crippen molar-refractivity contribution in [2.45, 2.75) is 44.0 Å². The van der Waals surface area contributed by atoms with Gasteiger partial charge < -0.3 is 10.4 Å². The lowest BCUT2D eigenvalue weighted by Gasteiger charge is -2.19. The third-order valence-electron chi connectivity index (χ3n) is 4.29. The minimum Gasteiger partial charge on any atom is -0.480 e. The van der Waals surface area contributed by atoms with Gasteiger partial charge in [0.25, 0.3) is 10.0 Å². The quantitative estimate of drug-likeness (QED) is 0.582. The highest BCUT2D eigenvalue weighted by Crippen LogP contribution is 2.22. The first-order valence-electron chi connectivity index (χ1n) is 8.45. The van der Waals surface area contributed by atoms with Crippen molar-refractivity contribution >= 4 is 27.7 Å². The molecule has 0 bridgehead atoms. The first kappa shape index (κ1) is 19.9. The van der Waals surface area contributed by atoms with Crippen LogP contribution in [0.1, 0.15) is 38.7 Å². The van der Waals surface area contributed by atoms with Crippen LogP contribution in [0.15, 0.2) is 34.2 Å². The van der Waals surface area contributed by atoms with Crippen LogP contribution in [0.4, 0.5) is 0 Å². The lowest BCUT2D eigenvalue weighted by molar-refractivity contribution is -0.143. The number of aliphatic imine (C=N–C) groups is 1. The van der Waals surface area contributed by atoms with E-state index in [-0.39, 0.29) is 35.5 Å². The van der Waals surface area contributed by atoms with Crippen LogP contribution < -0.4 is 10.0 Å². The minimum absolute atomic E-state index is 0.116. The van der Waals surface area contributed by atoms with Crippen LogP contribution in [0.5, 0.6) is 0 Å². The molecular formula is C17H23N3O5S. The summed E-state index contributed by atoms with van der Waals surface area (Å²) in [7, 11) is -3.57. The van der Waals surface area contributed by atoms with Crippen molar-refractivity contribution < 1.29 is 23.1 Å². The maximum absolute atomic E-state index is 12.0. The highest BCUT2D eigenvalue weighted by Gasteiger charge is 2.30. The summed E-state index contributed by atoms with van der Waals surface area (Å²) in [5.74, 6) is -1.31. The summed E-state index contributed by atoms with van der Waals surface area (Å²) >= 11 is 0. The summed E-state index contributed by atoms with van der Waals surface area (Å²) in [5, 5.41) is 11.7. The Morgan fingerprint density at radius 2 is 2.00 bits per heavy atom. The Labute approximate surface area is 152 Å². The number of hydrogen-bond acceptors (Lipinski definition) is 5. The molecule has 0 saturated carbocycles. The van der Waals surface area contributed by atoms with Crippen LogP contribution in [-0.2, 0) is 19.6 Å². The van der Waals surface area contributed by atoms with Crippen molar-refractivity contribution in [1.29, 1.82) is 0 Å². The molecule has 3 N–H and O–H groups in total. The summed E-state index contributed by atoms with van der Waals surface area (Å²) in [4.78, 5) is 27.6. The van der Waals surface area contributed by atoms with E-state index in [0.29, 0.717) is 18.4 Å². The second-order valence-electron chi connectivity index (χ2n) is 6.20. The number of nitrogens with one attached hydrogen (secondary N) is 2. The smallest absolute Gasteiger partial charge is 0.326 e. The van der Waals surface area contributed by atoms with Gasteiger partial charge >= 0.3 is 5.97 Å². The molecule has 142 valence electrons. The first-order chi connectivity index (χ1) is 12.3. The number of carbonyl (C=O) groups is 2. The Kier molecular flexibility index (Phi) is 6.36. The number of benzene rings is 1. The predicted molar refractivity (Wildman–Crippen MR) is 96.4 cm³/mol. The van der Waals surface area contributed by atoms with Gasteiger partial charge in [0.05, 0.1) is 4.90 Å². The van der Waals surface area contributed by atoms with Crippen LogP contribution in [0.2, 0.25) is 0 Å². The third kappa shape index (κ3) is 4.60. The average Bonchev–Trinajstić information content (AvgIpc) is 2.87. The zero-order valence-electron chi connectivity index (χ0n) is 14.7. The molecular weight excluding hydrogens is 358 g/mol. The molecule has 0 saturated heterocycles. The van der Waals surface area contributed by atoms with E-state index in [1.165, 1.54) is 6.07 Å². The lowest BCUT2D eigenvalue weighted by Crippen LogP contribution is -2.44. The normalized spacial score (nSPS) is 18.6. The fourth-order valence-electron chi connectivity index (χ4n) is 2.61. The predicted octanol–water partition coefficient (Wildman–Crippen LogP) is 1.12. The molecule has 0 fully saturated rings. The summed E-state index contributed by atoms with van der Waals surface area (Å²) in [6.45, 7) is 3.89. The minimum atomic E-state index is -3.57. The van der Waals surface area contributed by atoms with Crippen molar-refractivity contribution in [3.8, 4) is 0 Å². The molecule has 1 heterocycles. The van der Waals surface area contributed by atoms with Gasteiger partial charge in [0.1, 0.15) is 11.9 Å². The molecule has 0 aromatic heterocycles. The molecule has 0 aliphatic carbocycles. The number of nitrogens with zero attached hydrogens (tertiary/aromatic N) is 1. The molecule has 26 heavy (non-hydrogen) atoms. The molecule has 2 atom stereocenters. The molecule has 9 heteroatoms. The molecule has 2 rings (SSSR count). The number of fused-ring (bicyclic) bond motifs is 1. The monoisotopic (exact) mass is 381 g/mol. The van der Waals surface area contributed by atoms with Crippen molar-refractivity contribution in [3.63, 3.8) is 0 Å². The van der Waals surface area contributed by atoms with Crippen LogP contribution >= 0.6 is 0 Å². The van der Waals surface area contributed by atoms with Gasteiger partial charge in [-0.1, -0.05) is 32.4 Å². The zero-order valence-corrected chi connectivity index (χ0v) is 15.5. The molecule has 1 amide bonds. The number of carboxylic acids is 1. The maximum atomic E-state index is 12.0. The van der Waals surface area contributed by atoms with Crippen molar-refractivity contribution in [2.75, 3.05) is 6.54 Å². The highest BCUT2D eigenvalue weighted by atomic mass is 32.2. The van der Waals surface area contributed by atoms with Gasteiger partial charge in [0.2, 0.25) is 5.91 Å². The van der Waals surface area contributed by atoms with Crippen LogP contribution in [0, 0.1) is 5.92 Å². The number of carbonyl (C=O) groups excluding carboxylic acids is 1. The highest BCUT2D eigenvalue weighted by molar-refractivity contribution is 7.90. The van der Waals surface area contributed by atoms with E-state index >= 15 is 0 Å². The third-order valence-corrected chi connectivity index (χ3v) is 5.69. The molecule has 0 radical (unpaired) electrons. The number of sulfonamides is 1. The van der Waals surface area contributed by atoms with Crippen molar-refractivity contribution in [3.05, 3.63) is 29.8 Å². The topological polar surface area (TPSA) is 125 Å². The number of amides is 1. The van der Waals surface area contributed by atoms with E-state index in [9.17, 15) is 23.1 Å². The number of amidine groups is 1. The molecule has 1 aromatic rings. The number of rotatable bonds is 8. The second kappa shape index (κ2) is 8.31. The number of carboxylic acid groups (broad SMARTS) is 1. The average molecular weight is 381 g/mol. The summed E-state index contributed by atoms with van der Waals surface area (Å²) in [6.07, 6.45) is 1.14. The van der Waals surface area contributed by atoms with Crippen LogP contribution in [-0.4, -0.2) is 43.8 Å². The lowest BCUT2D eigenvalue weighted by atomic mass is 9.99. The zero-order chi connectivity index (χ0) is 19.3. The van der Waals surface area contributed by atoms with Gasteiger partial charge in [-0.3, -0.25) is 14.5 Å². The summed E-state index contributed by atoms with van der Waals surface area (Å²) < 4.78 is 26.3. The molecule has 1 aliphatic heterocycles. The fraction of sp³-hybridized carbons (Fsp3) is 0.471. The molecule has 0 unspecified atom stereocenters. The van der Waals surface area contributed by atoms with Crippen molar-refractivity contribution in [1.82, 2.24) is 10.0 Å². The van der Waals surface area contributed by atoms with Crippen LogP contribution in [0.3, 0.4) is 0 Å². The van der Waals surface area contributed by atoms with E-state index in [4.69, 9.17) is 0 Å². The van der Waals surface area contributed by atoms with Gasteiger partial charge in [-0.25, -0.2) is 13.2 Å². The van der Waals surface area contributed by atoms with Gasteiger partial charge in [0, 0.05) is 18.5 Å². The van der Waals surface area contributed by atoms with Crippen LogP contribution in [0.25, 0.3) is 0 Å². The molecule has 0 spiro atoms. The largest absolute Gasteiger partial charge is 0.480 e. The van der Waals surface area contributed by atoms with E-state index < -0.39 is 22.0 Å². The second-order valence-corrected chi connectivity index (χ2v) is 7.86. The Hall–Kier alpha value is -2.42. The van der Waals surface area contributed by atoms with E-state index in [1.54, 1.807) is 25.1 Å². The molecule has 1 aliphatic rings. The first-order valence-corrected chi connectivity index (χ1v) is 9.93. The Bertz CT molecular complexity index is 819. The molecule has 1 aromatic carbocycles. The standard InChI is InChI=1S/C17H23N3O5S/c1-3-11(2)15(17(22)23)19-14(21)9-6-10-18-16-12-7-4-5-8-13(12)26(24,25)20-16/h4-5,7-8,11,15H,3,6,9-10H2,1-2H3,(H,18,20)(H,19,21)(H,22,23)/t11-,15-/m0/s1. The van der Waals surface area contributed by atoms with Gasteiger partial charge in [-0.2, -0.15) is 0 Å². The van der Waals surface area contributed by atoms with E-state index in [1.807, 2.05) is 6.92 Å².